The van der Waals surface area contributed by atoms with Crippen LogP contribution in [-0.2, 0) is 4.79 Å². The van der Waals surface area contributed by atoms with E-state index in [0.29, 0.717) is 10.0 Å². The molecule has 2 aromatic rings. The predicted octanol–water partition coefficient (Wildman–Crippen LogP) is 4.73. The Morgan fingerprint density at radius 3 is 2.61 bits per heavy atom. The second kappa shape index (κ2) is 7.77. The maximum Gasteiger partial charge on any atom is 0.238 e. The van der Waals surface area contributed by atoms with Crippen molar-refractivity contribution < 1.29 is 9.18 Å². The molecule has 0 spiro atoms. The maximum absolute atomic E-state index is 13.7. The van der Waals surface area contributed by atoms with E-state index >= 15 is 0 Å². The number of rotatable bonds is 5. The Morgan fingerprint density at radius 2 is 1.96 bits per heavy atom. The average Bonchev–Trinajstić information content (AvgIpc) is 2.48. The van der Waals surface area contributed by atoms with E-state index in [1.807, 2.05) is 6.92 Å². The van der Waals surface area contributed by atoms with Gasteiger partial charge in [-0.05, 0) is 49.2 Å². The summed E-state index contributed by atoms with van der Waals surface area (Å²) >= 11 is 12.0. The number of halogens is 3. The van der Waals surface area contributed by atoms with Crippen molar-refractivity contribution in [3.63, 3.8) is 0 Å². The van der Waals surface area contributed by atoms with Gasteiger partial charge in [0, 0.05) is 16.1 Å². The summed E-state index contributed by atoms with van der Waals surface area (Å²) in [6.07, 6.45) is 0. The molecule has 0 aromatic heterocycles. The van der Waals surface area contributed by atoms with E-state index in [1.54, 1.807) is 37.3 Å². The number of nitrogens with one attached hydrogen (secondary N) is 2. The molecule has 0 saturated carbocycles. The van der Waals surface area contributed by atoms with Gasteiger partial charge < -0.3 is 10.6 Å². The molecule has 0 fully saturated rings. The fraction of sp³-hybridized carbons (Fsp3) is 0.235. The van der Waals surface area contributed by atoms with Gasteiger partial charge in [0.05, 0.1) is 12.2 Å². The minimum Gasteiger partial charge on any atom is -0.322 e. The summed E-state index contributed by atoms with van der Waals surface area (Å²) in [7, 11) is 0. The van der Waals surface area contributed by atoms with Gasteiger partial charge in [-0.15, -0.1) is 0 Å². The Morgan fingerprint density at radius 1 is 1.22 bits per heavy atom. The summed E-state index contributed by atoms with van der Waals surface area (Å²) < 4.78 is 13.7. The van der Waals surface area contributed by atoms with Crippen molar-refractivity contribution in [3.05, 3.63) is 63.4 Å². The number of carbonyl (C=O) groups is 1. The molecular weight excluding hydrogens is 338 g/mol. The topological polar surface area (TPSA) is 41.1 Å². The van der Waals surface area contributed by atoms with E-state index in [2.05, 4.69) is 10.6 Å². The van der Waals surface area contributed by atoms with E-state index < -0.39 is 5.82 Å². The van der Waals surface area contributed by atoms with Crippen LogP contribution in [0.3, 0.4) is 0 Å². The summed E-state index contributed by atoms with van der Waals surface area (Å²) in [6.45, 7) is 3.70. The molecule has 0 aliphatic heterocycles. The lowest BCUT2D eigenvalue weighted by atomic mass is 10.1. The highest BCUT2D eigenvalue weighted by Gasteiger charge is 2.12. The van der Waals surface area contributed by atoms with E-state index in [4.69, 9.17) is 23.2 Å². The molecule has 0 aliphatic rings. The van der Waals surface area contributed by atoms with Crippen molar-refractivity contribution in [2.45, 2.75) is 19.9 Å². The van der Waals surface area contributed by atoms with Crippen molar-refractivity contribution in [1.29, 1.82) is 0 Å². The second-order valence-electron chi connectivity index (χ2n) is 5.30. The molecule has 0 heterocycles. The molecule has 6 heteroatoms. The number of hydrogen-bond donors (Lipinski definition) is 2. The minimum absolute atomic E-state index is 0.0352. The van der Waals surface area contributed by atoms with Crippen molar-refractivity contribution >= 4 is 34.8 Å². The Bertz CT molecular complexity index is 722. The van der Waals surface area contributed by atoms with Gasteiger partial charge in [0.25, 0.3) is 0 Å². The van der Waals surface area contributed by atoms with Gasteiger partial charge in [0.2, 0.25) is 5.91 Å². The summed E-state index contributed by atoms with van der Waals surface area (Å²) in [5.74, 6) is -0.781. The number of hydrogen-bond acceptors (Lipinski definition) is 2. The zero-order chi connectivity index (χ0) is 17.0. The van der Waals surface area contributed by atoms with E-state index in [-0.39, 0.29) is 24.2 Å². The van der Waals surface area contributed by atoms with Gasteiger partial charge >= 0.3 is 0 Å². The molecule has 2 rings (SSSR count). The smallest absolute Gasteiger partial charge is 0.238 e. The van der Waals surface area contributed by atoms with Crippen LogP contribution in [0.15, 0.2) is 36.4 Å². The van der Waals surface area contributed by atoms with Crippen LogP contribution in [0.2, 0.25) is 10.0 Å². The Balaban J connectivity index is 1.93. The Labute approximate surface area is 144 Å². The van der Waals surface area contributed by atoms with Crippen LogP contribution in [0.4, 0.5) is 10.1 Å². The van der Waals surface area contributed by atoms with Crippen LogP contribution in [0, 0.1) is 12.7 Å². The third-order valence-corrected chi connectivity index (χ3v) is 3.96. The Kier molecular flexibility index (Phi) is 5.99. The average molecular weight is 355 g/mol. The summed E-state index contributed by atoms with van der Waals surface area (Å²) in [6, 6.07) is 9.71. The van der Waals surface area contributed by atoms with Gasteiger partial charge in [-0.25, -0.2) is 4.39 Å². The molecule has 23 heavy (non-hydrogen) atoms. The zero-order valence-corrected chi connectivity index (χ0v) is 14.3. The van der Waals surface area contributed by atoms with Crippen molar-refractivity contribution in [1.82, 2.24) is 5.32 Å². The lowest BCUT2D eigenvalue weighted by Gasteiger charge is -2.16. The molecule has 0 unspecified atom stereocenters. The molecule has 2 N–H and O–H groups in total. The highest BCUT2D eigenvalue weighted by Crippen LogP contribution is 2.26. The van der Waals surface area contributed by atoms with Crippen molar-refractivity contribution in [3.8, 4) is 0 Å². The SMILES string of the molecule is Cc1ccc(NC(=O)CN[C@@H](C)c2ccc(Cl)cc2Cl)c(F)c1. The minimum atomic E-state index is -0.452. The number of aryl methyl sites for hydroxylation is 1. The first-order valence-corrected chi connectivity index (χ1v) is 7.86. The molecule has 0 aliphatic carbocycles. The van der Waals surface area contributed by atoms with Gasteiger partial charge in [0.15, 0.2) is 0 Å². The van der Waals surface area contributed by atoms with Gasteiger partial charge in [-0.2, -0.15) is 0 Å². The number of anilines is 1. The highest BCUT2D eigenvalue weighted by atomic mass is 35.5. The van der Waals surface area contributed by atoms with Crippen LogP contribution in [0.25, 0.3) is 0 Å². The van der Waals surface area contributed by atoms with Crippen molar-refractivity contribution in [2.24, 2.45) is 0 Å². The van der Waals surface area contributed by atoms with Gasteiger partial charge in [0.1, 0.15) is 5.82 Å². The quantitative estimate of drug-likeness (QED) is 0.814. The van der Waals surface area contributed by atoms with Crippen LogP contribution < -0.4 is 10.6 Å². The first kappa shape index (κ1) is 17.7. The third-order valence-electron chi connectivity index (χ3n) is 3.40. The first-order valence-electron chi connectivity index (χ1n) is 7.11. The van der Waals surface area contributed by atoms with Crippen LogP contribution in [0.1, 0.15) is 24.1 Å². The maximum atomic E-state index is 13.7. The molecule has 2 aromatic carbocycles. The van der Waals surface area contributed by atoms with E-state index in [9.17, 15) is 9.18 Å². The van der Waals surface area contributed by atoms with Crippen LogP contribution in [-0.4, -0.2) is 12.5 Å². The Hall–Kier alpha value is -1.62. The molecule has 122 valence electrons. The standard InChI is InChI=1S/C17H17Cl2FN2O/c1-10-3-6-16(15(20)7-10)22-17(23)9-21-11(2)13-5-4-12(18)8-14(13)19/h3-8,11,21H,9H2,1-2H3,(H,22,23)/t11-/m0/s1. The summed E-state index contributed by atoms with van der Waals surface area (Å²) in [5.41, 5.74) is 1.80. The zero-order valence-electron chi connectivity index (χ0n) is 12.8. The number of amides is 1. The predicted molar refractivity (Wildman–Crippen MR) is 92.6 cm³/mol. The summed E-state index contributed by atoms with van der Waals surface area (Å²) in [5, 5.41) is 6.67. The van der Waals surface area contributed by atoms with Crippen molar-refractivity contribution in [2.75, 3.05) is 11.9 Å². The number of benzene rings is 2. The van der Waals surface area contributed by atoms with Crippen LogP contribution in [0.5, 0.6) is 0 Å². The fourth-order valence-electron chi connectivity index (χ4n) is 2.12. The molecular formula is C17H17Cl2FN2O. The highest BCUT2D eigenvalue weighted by molar-refractivity contribution is 6.35. The first-order chi connectivity index (χ1) is 10.9. The molecule has 0 radical (unpaired) electrons. The normalized spacial score (nSPS) is 12.0. The molecule has 0 bridgehead atoms. The fourth-order valence-corrected chi connectivity index (χ4v) is 2.70. The van der Waals surface area contributed by atoms with E-state index in [1.165, 1.54) is 6.07 Å². The third kappa shape index (κ3) is 4.93. The lowest BCUT2D eigenvalue weighted by Crippen LogP contribution is -2.30. The largest absolute Gasteiger partial charge is 0.322 e. The number of carbonyl (C=O) groups excluding carboxylic acids is 1. The molecule has 1 amide bonds. The second-order valence-corrected chi connectivity index (χ2v) is 6.14. The summed E-state index contributed by atoms with van der Waals surface area (Å²) in [4.78, 5) is 11.9. The molecule has 3 nitrogen and oxygen atoms in total. The molecule has 1 atom stereocenters. The van der Waals surface area contributed by atoms with E-state index in [0.717, 1.165) is 11.1 Å². The van der Waals surface area contributed by atoms with Gasteiger partial charge in [-0.3, -0.25) is 4.79 Å². The molecule has 0 saturated heterocycles. The monoisotopic (exact) mass is 354 g/mol. The van der Waals surface area contributed by atoms with Gasteiger partial charge in [-0.1, -0.05) is 35.3 Å². The van der Waals surface area contributed by atoms with Crippen LogP contribution >= 0.6 is 23.2 Å². The lowest BCUT2D eigenvalue weighted by molar-refractivity contribution is -0.115.